The van der Waals surface area contributed by atoms with Crippen LogP contribution in [0.3, 0.4) is 0 Å². The van der Waals surface area contributed by atoms with Crippen molar-refractivity contribution in [2.75, 3.05) is 23.9 Å². The Hall–Kier alpha value is 0.920. The molecule has 0 aliphatic carbocycles. The van der Waals surface area contributed by atoms with Crippen LogP contribution in [0.25, 0.3) is 0 Å². The second-order valence-electron chi connectivity index (χ2n) is 2.76. The number of unbranched alkanes of at least 4 members (excludes halogenated alkanes) is 2. The zero-order chi connectivity index (χ0) is 9.07. The molecule has 0 aromatic heterocycles. The van der Waals surface area contributed by atoms with Crippen molar-refractivity contribution in [3.63, 3.8) is 0 Å². The molecule has 1 nitrogen and oxygen atoms in total. The van der Waals surface area contributed by atoms with Gasteiger partial charge in [0.2, 0.25) is 0 Å². The largest absolute Gasteiger partial charge is 0.381 e. The molecule has 1 fully saturated rings. The Morgan fingerprint density at radius 3 is 1.58 bits per heavy atom. The van der Waals surface area contributed by atoms with Gasteiger partial charge in [-0.2, -0.15) is 0 Å². The predicted octanol–water partition coefficient (Wildman–Crippen LogP) is 3.74. The van der Waals surface area contributed by atoms with E-state index in [1.807, 2.05) is 0 Å². The summed E-state index contributed by atoms with van der Waals surface area (Å²) in [5.74, 6) is 0. The molecule has 12 heavy (non-hydrogen) atoms. The fraction of sp³-hybridized carbons (Fsp3) is 1.00. The lowest BCUT2D eigenvalue weighted by molar-refractivity contribution is 0.198. The SMILES string of the molecule is BrCCCCCBr.C1CCOC1. The first-order valence-electron chi connectivity index (χ1n) is 4.61. The molecule has 0 aromatic rings. The molecule has 1 aliphatic heterocycles. The standard InChI is InChI=1S/C5H10Br2.C4H8O/c6-4-2-1-3-5-7;1-2-4-5-3-1/h1-5H2;1-4H2. The zero-order valence-corrected chi connectivity index (χ0v) is 10.7. The number of rotatable bonds is 4. The summed E-state index contributed by atoms with van der Waals surface area (Å²) in [5, 5.41) is 2.31. The van der Waals surface area contributed by atoms with Crippen LogP contribution in [-0.4, -0.2) is 23.9 Å². The quantitative estimate of drug-likeness (QED) is 0.568. The van der Waals surface area contributed by atoms with Crippen molar-refractivity contribution in [3.05, 3.63) is 0 Å². The summed E-state index contributed by atoms with van der Waals surface area (Å²) < 4.78 is 4.94. The normalized spacial score (nSPS) is 15.5. The number of ether oxygens (including phenoxy) is 1. The van der Waals surface area contributed by atoms with Crippen LogP contribution in [0.1, 0.15) is 32.1 Å². The van der Waals surface area contributed by atoms with E-state index in [9.17, 15) is 0 Å². The van der Waals surface area contributed by atoms with Crippen LogP contribution in [0, 0.1) is 0 Å². The third-order valence-electron chi connectivity index (χ3n) is 1.59. The second kappa shape index (κ2) is 11.9. The third-order valence-corrected chi connectivity index (χ3v) is 2.72. The van der Waals surface area contributed by atoms with Crippen molar-refractivity contribution >= 4 is 31.9 Å². The lowest BCUT2D eigenvalue weighted by Crippen LogP contribution is -1.76. The van der Waals surface area contributed by atoms with E-state index in [0.717, 1.165) is 23.9 Å². The molecule has 74 valence electrons. The maximum absolute atomic E-state index is 4.94. The number of halogens is 2. The average molecular weight is 302 g/mol. The van der Waals surface area contributed by atoms with Crippen LogP contribution in [0.15, 0.2) is 0 Å². The summed E-state index contributed by atoms with van der Waals surface area (Å²) in [6.07, 6.45) is 6.52. The molecule has 0 saturated carbocycles. The molecular weight excluding hydrogens is 284 g/mol. The molecule has 0 N–H and O–H groups in total. The molecule has 3 heteroatoms. The first-order valence-corrected chi connectivity index (χ1v) is 6.85. The highest BCUT2D eigenvalue weighted by Gasteiger charge is 1.94. The van der Waals surface area contributed by atoms with Crippen molar-refractivity contribution in [2.45, 2.75) is 32.1 Å². The van der Waals surface area contributed by atoms with Crippen LogP contribution >= 0.6 is 31.9 Å². The van der Waals surface area contributed by atoms with Gasteiger partial charge < -0.3 is 4.74 Å². The van der Waals surface area contributed by atoms with Gasteiger partial charge >= 0.3 is 0 Å². The van der Waals surface area contributed by atoms with Gasteiger partial charge in [-0.1, -0.05) is 38.3 Å². The summed E-state index contributed by atoms with van der Waals surface area (Å²) in [5.41, 5.74) is 0. The van der Waals surface area contributed by atoms with Gasteiger partial charge in [0.05, 0.1) is 0 Å². The Morgan fingerprint density at radius 2 is 1.33 bits per heavy atom. The van der Waals surface area contributed by atoms with Gasteiger partial charge in [0.1, 0.15) is 0 Å². The summed E-state index contributed by atoms with van der Waals surface area (Å²) >= 11 is 6.73. The summed E-state index contributed by atoms with van der Waals surface area (Å²) in [6.45, 7) is 2.00. The number of hydrogen-bond acceptors (Lipinski definition) is 1. The molecule has 1 heterocycles. The molecule has 1 rings (SSSR count). The van der Waals surface area contributed by atoms with Gasteiger partial charge in [0, 0.05) is 23.9 Å². The highest BCUT2D eigenvalue weighted by Crippen LogP contribution is 1.99. The van der Waals surface area contributed by atoms with Crippen LogP contribution in [0.5, 0.6) is 0 Å². The van der Waals surface area contributed by atoms with Gasteiger partial charge in [-0.25, -0.2) is 0 Å². The van der Waals surface area contributed by atoms with Crippen molar-refractivity contribution in [1.82, 2.24) is 0 Å². The van der Waals surface area contributed by atoms with Gasteiger partial charge in [-0.05, 0) is 25.7 Å². The van der Waals surface area contributed by atoms with Crippen molar-refractivity contribution in [1.29, 1.82) is 0 Å². The first-order chi connectivity index (χ1) is 5.91. The highest BCUT2D eigenvalue weighted by molar-refractivity contribution is 9.09. The first kappa shape index (κ1) is 12.9. The molecule has 1 saturated heterocycles. The maximum Gasteiger partial charge on any atom is 0.0466 e. The molecule has 0 amide bonds. The van der Waals surface area contributed by atoms with E-state index in [4.69, 9.17) is 4.74 Å². The van der Waals surface area contributed by atoms with Gasteiger partial charge in [0.25, 0.3) is 0 Å². The monoisotopic (exact) mass is 300 g/mol. The average Bonchev–Trinajstić information content (AvgIpc) is 2.62. The highest BCUT2D eigenvalue weighted by atomic mass is 79.9. The van der Waals surface area contributed by atoms with Crippen LogP contribution in [-0.2, 0) is 4.74 Å². The van der Waals surface area contributed by atoms with Crippen LogP contribution < -0.4 is 0 Å². The lowest BCUT2D eigenvalue weighted by atomic mass is 10.3. The lowest BCUT2D eigenvalue weighted by Gasteiger charge is -1.88. The van der Waals surface area contributed by atoms with Crippen molar-refractivity contribution in [3.8, 4) is 0 Å². The second-order valence-corrected chi connectivity index (χ2v) is 4.34. The van der Waals surface area contributed by atoms with Gasteiger partial charge in [0.15, 0.2) is 0 Å². The van der Waals surface area contributed by atoms with E-state index >= 15 is 0 Å². The summed E-state index contributed by atoms with van der Waals surface area (Å²) in [7, 11) is 0. The van der Waals surface area contributed by atoms with E-state index < -0.39 is 0 Å². The van der Waals surface area contributed by atoms with Gasteiger partial charge in [-0.3, -0.25) is 0 Å². The Morgan fingerprint density at radius 1 is 0.833 bits per heavy atom. The third kappa shape index (κ3) is 10.9. The topological polar surface area (TPSA) is 9.23 Å². The molecule has 0 spiro atoms. The Balaban J connectivity index is 0.000000211. The Labute approximate surface area is 92.5 Å². The zero-order valence-electron chi connectivity index (χ0n) is 7.53. The van der Waals surface area contributed by atoms with E-state index in [2.05, 4.69) is 31.9 Å². The fourth-order valence-electron chi connectivity index (χ4n) is 0.876. The molecule has 0 radical (unpaired) electrons. The number of hydrogen-bond donors (Lipinski definition) is 0. The predicted molar refractivity (Wildman–Crippen MR) is 61.5 cm³/mol. The van der Waals surface area contributed by atoms with Crippen molar-refractivity contribution < 1.29 is 4.74 Å². The van der Waals surface area contributed by atoms with Crippen LogP contribution in [0.2, 0.25) is 0 Å². The molecule has 0 atom stereocenters. The minimum Gasteiger partial charge on any atom is -0.381 e. The molecule has 1 aliphatic rings. The fourth-order valence-corrected chi connectivity index (χ4v) is 1.67. The molecule has 0 bridgehead atoms. The Kier molecular flexibility index (Phi) is 12.8. The smallest absolute Gasteiger partial charge is 0.0466 e. The molecule has 0 unspecified atom stereocenters. The van der Waals surface area contributed by atoms with E-state index in [1.165, 1.54) is 32.1 Å². The van der Waals surface area contributed by atoms with Gasteiger partial charge in [-0.15, -0.1) is 0 Å². The van der Waals surface area contributed by atoms with Crippen molar-refractivity contribution in [2.24, 2.45) is 0 Å². The van der Waals surface area contributed by atoms with Crippen LogP contribution in [0.4, 0.5) is 0 Å². The summed E-state index contributed by atoms with van der Waals surface area (Å²) in [6, 6.07) is 0. The maximum atomic E-state index is 4.94. The molecular formula is C9H18Br2O. The minimum absolute atomic E-state index is 1.00. The van der Waals surface area contributed by atoms with E-state index in [-0.39, 0.29) is 0 Å². The van der Waals surface area contributed by atoms with E-state index in [0.29, 0.717) is 0 Å². The Bertz CT molecular complexity index is 63.3. The minimum atomic E-state index is 1.00. The molecule has 0 aromatic carbocycles. The summed E-state index contributed by atoms with van der Waals surface area (Å²) in [4.78, 5) is 0. The number of alkyl halides is 2. The van der Waals surface area contributed by atoms with E-state index in [1.54, 1.807) is 0 Å².